The lowest BCUT2D eigenvalue weighted by atomic mass is 10.2. The van der Waals surface area contributed by atoms with Gasteiger partial charge in [-0.1, -0.05) is 6.07 Å². The molecule has 1 amide bonds. The molecular weight excluding hydrogens is 168 g/mol. The number of hydrogen-bond donors (Lipinski definition) is 2. The van der Waals surface area contributed by atoms with Gasteiger partial charge in [-0.05, 0) is 18.6 Å². The normalized spacial score (nSPS) is 9.38. The first kappa shape index (κ1) is 9.38. The summed E-state index contributed by atoms with van der Waals surface area (Å²) in [7, 11) is 1.50. The molecule has 0 atom stereocenters. The number of carbonyl (C=O) groups is 1. The predicted octanol–water partition coefficient (Wildman–Crippen LogP) is 1.30. The van der Waals surface area contributed by atoms with Gasteiger partial charge in [0, 0.05) is 18.8 Å². The summed E-state index contributed by atoms with van der Waals surface area (Å²) < 4.78 is 4.95. The van der Waals surface area contributed by atoms with Gasteiger partial charge in [-0.3, -0.25) is 0 Å². The Hall–Kier alpha value is -1.71. The molecule has 0 aliphatic carbocycles. The number of nitrogen functional groups attached to an aromatic ring is 1. The van der Waals surface area contributed by atoms with Crippen LogP contribution in [0.15, 0.2) is 18.2 Å². The van der Waals surface area contributed by atoms with Crippen molar-refractivity contribution in [3.8, 4) is 5.75 Å². The maximum Gasteiger partial charge on any atom is 0.412 e. The summed E-state index contributed by atoms with van der Waals surface area (Å²) >= 11 is 0. The lowest BCUT2D eigenvalue weighted by molar-refractivity contribution is 0.202. The Morgan fingerprint density at radius 1 is 1.54 bits per heavy atom. The average Bonchev–Trinajstić information content (AvgIpc) is 2.11. The number of aryl methyl sites for hydroxylation is 1. The fraction of sp³-hybridized carbons (Fsp3) is 0.222. The second-order valence-corrected chi connectivity index (χ2v) is 2.66. The van der Waals surface area contributed by atoms with E-state index in [0.29, 0.717) is 11.4 Å². The first-order chi connectivity index (χ1) is 6.13. The van der Waals surface area contributed by atoms with Crippen molar-refractivity contribution in [1.82, 2.24) is 5.32 Å². The molecule has 1 rings (SSSR count). The van der Waals surface area contributed by atoms with E-state index in [-0.39, 0.29) is 0 Å². The molecule has 0 bridgehead atoms. The fourth-order valence-corrected chi connectivity index (χ4v) is 0.878. The third kappa shape index (κ3) is 2.37. The molecular formula is C9H12N2O2. The number of amides is 1. The lowest BCUT2D eigenvalue weighted by Gasteiger charge is -2.06. The number of ether oxygens (including phenoxy) is 1. The van der Waals surface area contributed by atoms with Crippen molar-refractivity contribution in [3.05, 3.63) is 23.8 Å². The Bertz CT molecular complexity index is 323. The third-order valence-electron chi connectivity index (χ3n) is 1.62. The van der Waals surface area contributed by atoms with E-state index in [1.54, 1.807) is 18.2 Å². The van der Waals surface area contributed by atoms with Crippen LogP contribution in [0.1, 0.15) is 5.56 Å². The van der Waals surface area contributed by atoms with Crippen molar-refractivity contribution in [2.45, 2.75) is 6.92 Å². The van der Waals surface area contributed by atoms with Crippen LogP contribution in [0.5, 0.6) is 5.75 Å². The smallest absolute Gasteiger partial charge is 0.410 e. The van der Waals surface area contributed by atoms with E-state index in [2.05, 4.69) is 5.32 Å². The zero-order chi connectivity index (χ0) is 9.84. The zero-order valence-corrected chi connectivity index (χ0v) is 7.63. The number of anilines is 1. The van der Waals surface area contributed by atoms with Crippen LogP contribution in [0.4, 0.5) is 10.5 Å². The predicted molar refractivity (Wildman–Crippen MR) is 50.7 cm³/mol. The van der Waals surface area contributed by atoms with Gasteiger partial charge in [-0.25, -0.2) is 4.79 Å². The van der Waals surface area contributed by atoms with Crippen LogP contribution >= 0.6 is 0 Å². The molecule has 0 unspecified atom stereocenters. The third-order valence-corrected chi connectivity index (χ3v) is 1.62. The minimum absolute atomic E-state index is 0.486. The SMILES string of the molecule is CNC(=O)Oc1cc(N)ccc1C. The highest BCUT2D eigenvalue weighted by molar-refractivity contribution is 5.71. The lowest BCUT2D eigenvalue weighted by Crippen LogP contribution is -2.22. The summed E-state index contributed by atoms with van der Waals surface area (Å²) in [4.78, 5) is 10.9. The summed E-state index contributed by atoms with van der Waals surface area (Å²) in [5.41, 5.74) is 6.98. The van der Waals surface area contributed by atoms with E-state index in [4.69, 9.17) is 10.5 Å². The van der Waals surface area contributed by atoms with E-state index in [9.17, 15) is 4.79 Å². The molecule has 0 aliphatic heterocycles. The molecule has 0 fully saturated rings. The molecule has 70 valence electrons. The quantitative estimate of drug-likeness (QED) is 0.640. The van der Waals surface area contributed by atoms with Gasteiger partial charge in [0.2, 0.25) is 0 Å². The number of carbonyl (C=O) groups excluding carboxylic acids is 1. The molecule has 1 aromatic rings. The first-order valence-electron chi connectivity index (χ1n) is 3.89. The summed E-state index contributed by atoms with van der Waals surface area (Å²) in [5.74, 6) is 0.486. The Morgan fingerprint density at radius 3 is 2.85 bits per heavy atom. The Balaban J connectivity index is 2.87. The molecule has 0 aliphatic rings. The van der Waals surface area contributed by atoms with Gasteiger partial charge in [-0.15, -0.1) is 0 Å². The van der Waals surface area contributed by atoms with Gasteiger partial charge < -0.3 is 15.8 Å². The van der Waals surface area contributed by atoms with Gasteiger partial charge in [0.1, 0.15) is 5.75 Å². The second-order valence-electron chi connectivity index (χ2n) is 2.66. The molecule has 0 heterocycles. The van der Waals surface area contributed by atoms with Crippen molar-refractivity contribution >= 4 is 11.8 Å². The van der Waals surface area contributed by atoms with Crippen LogP contribution in [0.2, 0.25) is 0 Å². The molecule has 4 nitrogen and oxygen atoms in total. The van der Waals surface area contributed by atoms with E-state index in [1.807, 2.05) is 6.92 Å². The van der Waals surface area contributed by atoms with E-state index in [1.165, 1.54) is 7.05 Å². The van der Waals surface area contributed by atoms with Gasteiger partial charge >= 0.3 is 6.09 Å². The summed E-state index contributed by atoms with van der Waals surface area (Å²) in [6.45, 7) is 1.84. The number of hydrogen-bond acceptors (Lipinski definition) is 3. The molecule has 0 spiro atoms. The Morgan fingerprint density at radius 2 is 2.23 bits per heavy atom. The molecule has 0 radical (unpaired) electrons. The average molecular weight is 180 g/mol. The number of benzene rings is 1. The van der Waals surface area contributed by atoms with Crippen LogP contribution in [-0.2, 0) is 0 Å². The minimum Gasteiger partial charge on any atom is -0.410 e. The van der Waals surface area contributed by atoms with Crippen LogP contribution in [0.25, 0.3) is 0 Å². The van der Waals surface area contributed by atoms with E-state index >= 15 is 0 Å². The van der Waals surface area contributed by atoms with Gasteiger partial charge in [0.25, 0.3) is 0 Å². The zero-order valence-electron chi connectivity index (χ0n) is 7.63. The van der Waals surface area contributed by atoms with Crippen molar-refractivity contribution in [2.24, 2.45) is 0 Å². The van der Waals surface area contributed by atoms with Gasteiger partial charge in [-0.2, -0.15) is 0 Å². The number of nitrogens with two attached hydrogens (primary N) is 1. The molecule has 0 aromatic heterocycles. The largest absolute Gasteiger partial charge is 0.412 e. The first-order valence-corrected chi connectivity index (χ1v) is 3.89. The highest BCUT2D eigenvalue weighted by Crippen LogP contribution is 2.20. The van der Waals surface area contributed by atoms with Crippen LogP contribution in [0.3, 0.4) is 0 Å². The summed E-state index contributed by atoms with van der Waals surface area (Å²) in [6.07, 6.45) is -0.492. The highest BCUT2D eigenvalue weighted by Gasteiger charge is 2.04. The van der Waals surface area contributed by atoms with Crippen molar-refractivity contribution < 1.29 is 9.53 Å². The van der Waals surface area contributed by atoms with E-state index in [0.717, 1.165) is 5.56 Å². The molecule has 13 heavy (non-hydrogen) atoms. The van der Waals surface area contributed by atoms with Crippen LogP contribution in [-0.4, -0.2) is 13.1 Å². The van der Waals surface area contributed by atoms with Crippen molar-refractivity contribution in [3.63, 3.8) is 0 Å². The monoisotopic (exact) mass is 180 g/mol. The maximum absolute atomic E-state index is 10.9. The maximum atomic E-state index is 10.9. The van der Waals surface area contributed by atoms with Crippen LogP contribution < -0.4 is 15.8 Å². The summed E-state index contributed by atoms with van der Waals surface area (Å²) in [5, 5.41) is 2.36. The minimum atomic E-state index is -0.492. The Labute approximate surface area is 76.7 Å². The molecule has 4 heteroatoms. The topological polar surface area (TPSA) is 64.3 Å². The summed E-state index contributed by atoms with van der Waals surface area (Å²) in [6, 6.07) is 5.17. The van der Waals surface area contributed by atoms with Crippen molar-refractivity contribution in [2.75, 3.05) is 12.8 Å². The number of rotatable bonds is 1. The standard InChI is InChI=1S/C9H12N2O2/c1-6-3-4-7(10)5-8(6)13-9(12)11-2/h3-5H,10H2,1-2H3,(H,11,12). The van der Waals surface area contributed by atoms with E-state index < -0.39 is 6.09 Å². The fourth-order valence-electron chi connectivity index (χ4n) is 0.878. The molecule has 0 saturated heterocycles. The van der Waals surface area contributed by atoms with Gasteiger partial charge in [0.05, 0.1) is 0 Å². The second kappa shape index (κ2) is 3.80. The molecule has 0 saturated carbocycles. The molecule has 3 N–H and O–H groups in total. The number of nitrogens with one attached hydrogen (secondary N) is 1. The highest BCUT2D eigenvalue weighted by atomic mass is 16.6. The van der Waals surface area contributed by atoms with Gasteiger partial charge in [0.15, 0.2) is 0 Å². The Kier molecular flexibility index (Phi) is 2.74. The molecule has 1 aromatic carbocycles. The van der Waals surface area contributed by atoms with Crippen molar-refractivity contribution in [1.29, 1.82) is 0 Å². The van der Waals surface area contributed by atoms with Crippen LogP contribution in [0, 0.1) is 6.92 Å².